The lowest BCUT2D eigenvalue weighted by Crippen LogP contribution is -2.41. The molecular formula is C35H34B2O5S2. The van der Waals surface area contributed by atoms with Crippen LogP contribution in [0.4, 0.5) is 0 Å². The summed E-state index contributed by atoms with van der Waals surface area (Å²) in [5, 5.41) is 3.31. The zero-order valence-corrected chi connectivity index (χ0v) is 27.7. The zero-order chi connectivity index (χ0) is 30.6. The summed E-state index contributed by atoms with van der Waals surface area (Å²) >= 11 is 3.47. The van der Waals surface area contributed by atoms with Gasteiger partial charge in [0.05, 0.1) is 32.3 Å². The van der Waals surface area contributed by atoms with E-state index in [0.29, 0.717) is 0 Å². The van der Waals surface area contributed by atoms with Crippen molar-refractivity contribution in [2.75, 3.05) is 0 Å². The van der Waals surface area contributed by atoms with Crippen molar-refractivity contribution >= 4 is 77.6 Å². The van der Waals surface area contributed by atoms with Crippen molar-refractivity contribution in [1.82, 2.24) is 0 Å². The molecule has 1 atom stereocenters. The SMILES string of the molecule is CC1OB(c2cc3c(s2)c2sc(B4OC(C)(C)C(C)(C)O4)cc2c2oc(-c4ccccc4)c(-c4ccccc4)c32)OC1(C)C. The van der Waals surface area contributed by atoms with Gasteiger partial charge in [-0.3, -0.25) is 0 Å². The van der Waals surface area contributed by atoms with Crippen molar-refractivity contribution in [2.45, 2.75) is 71.4 Å². The molecule has 0 saturated carbocycles. The van der Waals surface area contributed by atoms with Crippen LogP contribution in [0.5, 0.6) is 0 Å². The summed E-state index contributed by atoms with van der Waals surface area (Å²) in [5.41, 5.74) is 2.89. The highest BCUT2D eigenvalue weighted by Crippen LogP contribution is 2.49. The van der Waals surface area contributed by atoms with E-state index in [1.165, 1.54) is 4.70 Å². The Morgan fingerprint density at radius 1 is 0.659 bits per heavy atom. The van der Waals surface area contributed by atoms with E-state index in [2.05, 4.69) is 115 Å². The minimum Gasteiger partial charge on any atom is -0.455 e. The van der Waals surface area contributed by atoms with Crippen LogP contribution < -0.4 is 9.55 Å². The Morgan fingerprint density at radius 2 is 1.20 bits per heavy atom. The van der Waals surface area contributed by atoms with E-state index in [-0.39, 0.29) is 11.7 Å². The van der Waals surface area contributed by atoms with Gasteiger partial charge in [-0.15, -0.1) is 22.7 Å². The van der Waals surface area contributed by atoms with Gasteiger partial charge < -0.3 is 23.0 Å². The van der Waals surface area contributed by atoms with Crippen molar-refractivity contribution in [1.29, 1.82) is 0 Å². The van der Waals surface area contributed by atoms with Crippen molar-refractivity contribution in [3.05, 3.63) is 72.8 Å². The Hall–Kier alpha value is -2.91. The van der Waals surface area contributed by atoms with Gasteiger partial charge in [-0.05, 0) is 66.2 Å². The minimum atomic E-state index is -0.456. The Kier molecular flexibility index (Phi) is 6.36. The molecule has 1 unspecified atom stereocenters. The van der Waals surface area contributed by atoms with Gasteiger partial charge in [0.15, 0.2) is 0 Å². The number of rotatable bonds is 4. The summed E-state index contributed by atoms with van der Waals surface area (Å²) in [6.45, 7) is 14.6. The maximum absolute atomic E-state index is 6.97. The lowest BCUT2D eigenvalue weighted by molar-refractivity contribution is 0.00578. The van der Waals surface area contributed by atoms with Gasteiger partial charge in [-0.1, -0.05) is 60.7 Å². The fourth-order valence-electron chi connectivity index (χ4n) is 6.13. The minimum absolute atomic E-state index is 0.0204. The first-order chi connectivity index (χ1) is 20.9. The summed E-state index contributed by atoms with van der Waals surface area (Å²) in [5.74, 6) is 0.861. The Balaban J connectivity index is 1.44. The van der Waals surface area contributed by atoms with Gasteiger partial charge in [-0.2, -0.15) is 0 Å². The van der Waals surface area contributed by atoms with Gasteiger partial charge >= 0.3 is 14.2 Å². The van der Waals surface area contributed by atoms with Crippen molar-refractivity contribution < 1.29 is 23.0 Å². The highest BCUT2D eigenvalue weighted by atomic mass is 32.1. The normalized spacial score (nSPS) is 20.9. The molecule has 0 N–H and O–H groups in total. The van der Waals surface area contributed by atoms with E-state index < -0.39 is 25.4 Å². The molecule has 2 aliphatic heterocycles. The number of fused-ring (bicyclic) bond motifs is 6. The molecule has 9 heteroatoms. The smallest absolute Gasteiger partial charge is 0.455 e. The summed E-state index contributed by atoms with van der Waals surface area (Å²) in [6, 6.07) is 25.4. The van der Waals surface area contributed by atoms with Gasteiger partial charge in [0, 0.05) is 36.8 Å². The van der Waals surface area contributed by atoms with Gasteiger partial charge in [0.1, 0.15) is 11.3 Å². The molecule has 2 fully saturated rings. The zero-order valence-electron chi connectivity index (χ0n) is 26.0. The van der Waals surface area contributed by atoms with E-state index in [1.807, 2.05) is 6.07 Å². The molecule has 6 aromatic rings. The van der Waals surface area contributed by atoms with Crippen LogP contribution in [0.1, 0.15) is 48.5 Å². The molecule has 0 amide bonds. The lowest BCUT2D eigenvalue weighted by atomic mass is 9.86. The average molecular weight is 620 g/mol. The van der Waals surface area contributed by atoms with E-state index in [0.717, 1.165) is 58.4 Å². The number of thiophene rings is 2. The second-order valence-electron chi connectivity index (χ2n) is 13.4. The predicted octanol–water partition coefficient (Wildman–Crippen LogP) is 8.40. The second kappa shape index (κ2) is 9.79. The first-order valence-corrected chi connectivity index (χ1v) is 16.8. The highest BCUT2D eigenvalue weighted by Gasteiger charge is 2.52. The fourth-order valence-corrected chi connectivity index (χ4v) is 8.53. The summed E-state index contributed by atoms with van der Waals surface area (Å²) in [4.78, 5) is 0. The number of hydrogen-bond donors (Lipinski definition) is 0. The molecule has 3 aromatic heterocycles. The highest BCUT2D eigenvalue weighted by molar-refractivity contribution is 7.35. The Bertz CT molecular complexity index is 2030. The van der Waals surface area contributed by atoms with Gasteiger partial charge in [0.2, 0.25) is 0 Å². The fraction of sp³-hybridized carbons (Fsp3) is 0.314. The van der Waals surface area contributed by atoms with Crippen LogP contribution in [-0.2, 0) is 18.6 Å². The third-order valence-corrected chi connectivity index (χ3v) is 12.1. The van der Waals surface area contributed by atoms with Crippen molar-refractivity contribution in [2.24, 2.45) is 0 Å². The standard InChI is InChI=1S/C35H34B2O5S2/c1-20-33(2,3)40-36(39-20)25-18-23-28-27(21-14-10-8-11-15-21)29(22-16-12-9-13-17-22)38-30(28)24-19-26(44-32(24)31(23)43-25)37-41-34(4,5)35(6,7)42-37/h8-20H,1-7H3. The third kappa shape index (κ3) is 4.28. The first-order valence-electron chi connectivity index (χ1n) is 15.2. The maximum Gasteiger partial charge on any atom is 0.505 e. The Labute approximate surface area is 266 Å². The number of hydrogen-bond acceptors (Lipinski definition) is 7. The monoisotopic (exact) mass is 620 g/mol. The van der Waals surface area contributed by atoms with Gasteiger partial charge in [-0.25, -0.2) is 0 Å². The topological polar surface area (TPSA) is 50.1 Å². The molecule has 44 heavy (non-hydrogen) atoms. The van der Waals surface area contributed by atoms with Crippen LogP contribution in [0.3, 0.4) is 0 Å². The Morgan fingerprint density at radius 3 is 1.80 bits per heavy atom. The van der Waals surface area contributed by atoms with Crippen LogP contribution in [0, 0.1) is 0 Å². The molecule has 222 valence electrons. The third-order valence-electron chi connectivity index (χ3n) is 9.66. The lowest BCUT2D eigenvalue weighted by Gasteiger charge is -2.32. The first kappa shape index (κ1) is 28.6. The molecule has 3 aromatic carbocycles. The molecule has 0 spiro atoms. The van der Waals surface area contributed by atoms with Crippen LogP contribution in [0.25, 0.3) is 53.6 Å². The molecule has 8 rings (SSSR count). The van der Waals surface area contributed by atoms with Crippen LogP contribution in [-0.4, -0.2) is 37.1 Å². The number of furan rings is 1. The molecular weight excluding hydrogens is 586 g/mol. The second-order valence-corrected chi connectivity index (χ2v) is 15.6. The molecule has 5 nitrogen and oxygen atoms in total. The van der Waals surface area contributed by atoms with Gasteiger partial charge in [0.25, 0.3) is 0 Å². The molecule has 5 heterocycles. The van der Waals surface area contributed by atoms with Crippen LogP contribution >= 0.6 is 22.7 Å². The summed E-state index contributed by atoms with van der Waals surface area (Å²) < 4.78 is 37.3. The number of benzene rings is 3. The van der Waals surface area contributed by atoms with E-state index in [4.69, 9.17) is 23.0 Å². The average Bonchev–Trinajstić information content (AvgIpc) is 3.78. The van der Waals surface area contributed by atoms with Crippen molar-refractivity contribution in [3.8, 4) is 22.5 Å². The van der Waals surface area contributed by atoms with E-state index in [9.17, 15) is 0 Å². The summed E-state index contributed by atoms with van der Waals surface area (Å²) in [7, 11) is -0.882. The van der Waals surface area contributed by atoms with Crippen LogP contribution in [0.15, 0.2) is 77.2 Å². The molecule has 0 bridgehead atoms. The van der Waals surface area contributed by atoms with E-state index in [1.54, 1.807) is 22.7 Å². The quantitative estimate of drug-likeness (QED) is 0.185. The molecule has 0 aliphatic carbocycles. The predicted molar refractivity (Wildman–Crippen MR) is 185 cm³/mol. The van der Waals surface area contributed by atoms with Crippen molar-refractivity contribution in [3.63, 3.8) is 0 Å². The summed E-state index contributed by atoms with van der Waals surface area (Å²) in [6.07, 6.45) is -0.0204. The van der Waals surface area contributed by atoms with Crippen LogP contribution in [0.2, 0.25) is 0 Å². The maximum atomic E-state index is 6.97. The molecule has 2 saturated heterocycles. The van der Waals surface area contributed by atoms with E-state index >= 15 is 0 Å². The molecule has 0 radical (unpaired) electrons. The largest absolute Gasteiger partial charge is 0.505 e. The molecule has 2 aliphatic rings.